The molecule has 150 valence electrons. The van der Waals surface area contributed by atoms with Crippen LogP contribution in [0.5, 0.6) is 5.75 Å². The summed E-state index contributed by atoms with van der Waals surface area (Å²) < 4.78 is 0.874. The molecule has 0 spiro atoms. The maximum Gasteiger partial charge on any atom is 0.300 e. The maximum absolute atomic E-state index is 13.0. The third-order valence-electron chi connectivity index (χ3n) is 5.12. The van der Waals surface area contributed by atoms with Gasteiger partial charge in [0, 0.05) is 15.7 Å². The van der Waals surface area contributed by atoms with Crippen LogP contribution in [0.1, 0.15) is 22.7 Å². The first-order valence-corrected chi connectivity index (χ1v) is 10.1. The zero-order chi connectivity index (χ0) is 21.4. The Kier molecular flexibility index (Phi) is 5.18. The molecule has 30 heavy (non-hydrogen) atoms. The Balaban J connectivity index is 1.95. The van der Waals surface area contributed by atoms with Crippen molar-refractivity contribution in [3.63, 3.8) is 0 Å². The van der Waals surface area contributed by atoms with Gasteiger partial charge in [-0.3, -0.25) is 14.5 Å². The van der Waals surface area contributed by atoms with Crippen LogP contribution in [0, 0.1) is 6.92 Å². The van der Waals surface area contributed by atoms with Gasteiger partial charge in [0.25, 0.3) is 11.7 Å². The lowest BCUT2D eigenvalue weighted by atomic mass is 9.94. The van der Waals surface area contributed by atoms with Crippen molar-refractivity contribution in [1.82, 2.24) is 0 Å². The van der Waals surface area contributed by atoms with Crippen molar-refractivity contribution in [3.05, 3.63) is 99.5 Å². The molecule has 0 saturated carbocycles. The normalized spacial score (nSPS) is 18.1. The van der Waals surface area contributed by atoms with Gasteiger partial charge in [0.15, 0.2) is 0 Å². The fourth-order valence-corrected chi connectivity index (χ4v) is 3.85. The van der Waals surface area contributed by atoms with Crippen molar-refractivity contribution in [3.8, 4) is 5.75 Å². The molecule has 1 heterocycles. The molecule has 1 amide bonds. The number of hydrogen-bond donors (Lipinski definition) is 2. The number of aliphatic hydroxyl groups is 1. The highest BCUT2D eigenvalue weighted by Gasteiger charge is 2.46. The molecular formula is C24H18BrNO4. The number of rotatable bonds is 3. The Labute approximate surface area is 182 Å². The molecule has 0 radical (unpaired) electrons. The molecule has 1 aliphatic rings. The van der Waals surface area contributed by atoms with Crippen molar-refractivity contribution in [2.24, 2.45) is 0 Å². The Morgan fingerprint density at radius 1 is 0.967 bits per heavy atom. The number of phenolic OH excluding ortho intramolecular Hbond substituents is 1. The Hall–Kier alpha value is -3.38. The zero-order valence-corrected chi connectivity index (χ0v) is 17.6. The average Bonchev–Trinajstić information content (AvgIpc) is 3.01. The van der Waals surface area contributed by atoms with Crippen LogP contribution in [0.25, 0.3) is 5.76 Å². The second-order valence-electron chi connectivity index (χ2n) is 7.06. The number of halogens is 1. The van der Waals surface area contributed by atoms with Gasteiger partial charge in [0.2, 0.25) is 0 Å². The quantitative estimate of drug-likeness (QED) is 0.322. The molecule has 6 heteroatoms. The van der Waals surface area contributed by atoms with Gasteiger partial charge in [-0.1, -0.05) is 52.3 Å². The molecule has 1 aliphatic heterocycles. The van der Waals surface area contributed by atoms with Gasteiger partial charge in [-0.15, -0.1) is 0 Å². The predicted octanol–water partition coefficient (Wildman–Crippen LogP) is 5.09. The number of carbonyl (C=O) groups excluding carboxylic acids is 2. The van der Waals surface area contributed by atoms with E-state index in [4.69, 9.17) is 0 Å². The molecule has 0 aliphatic carbocycles. The van der Waals surface area contributed by atoms with E-state index >= 15 is 0 Å². The number of aromatic hydroxyl groups is 1. The number of aliphatic hydroxyl groups excluding tert-OH is 1. The van der Waals surface area contributed by atoms with Crippen molar-refractivity contribution in [1.29, 1.82) is 0 Å². The van der Waals surface area contributed by atoms with E-state index in [2.05, 4.69) is 15.9 Å². The molecule has 0 aromatic heterocycles. The van der Waals surface area contributed by atoms with Crippen LogP contribution in [0.3, 0.4) is 0 Å². The number of para-hydroxylation sites is 1. The van der Waals surface area contributed by atoms with Gasteiger partial charge in [0.05, 0.1) is 11.6 Å². The lowest BCUT2D eigenvalue weighted by molar-refractivity contribution is -0.132. The number of aryl methyl sites for hydroxylation is 1. The zero-order valence-electron chi connectivity index (χ0n) is 16.0. The fourth-order valence-electron chi connectivity index (χ4n) is 3.61. The van der Waals surface area contributed by atoms with Crippen LogP contribution in [0.4, 0.5) is 5.69 Å². The molecular weight excluding hydrogens is 446 g/mol. The van der Waals surface area contributed by atoms with E-state index in [-0.39, 0.29) is 17.1 Å². The molecule has 3 aromatic carbocycles. The summed E-state index contributed by atoms with van der Waals surface area (Å²) in [5.74, 6) is -1.64. The number of benzene rings is 3. The number of nitrogens with zero attached hydrogens (tertiary/aromatic N) is 1. The molecule has 1 atom stereocenters. The second kappa shape index (κ2) is 7.80. The highest BCUT2D eigenvalue weighted by Crippen LogP contribution is 2.42. The Morgan fingerprint density at radius 3 is 2.27 bits per heavy atom. The highest BCUT2D eigenvalue weighted by molar-refractivity contribution is 9.10. The standard InChI is InChI=1S/C24H18BrNO4/c1-14-13-16(9-12-19(14)25)22(28)20-21(15-7-10-18(27)11-8-15)26(24(30)23(20)29)17-5-3-2-4-6-17/h2-13,21,27-28H,1H3/b22-20-. The molecule has 1 unspecified atom stereocenters. The van der Waals surface area contributed by atoms with E-state index in [1.54, 1.807) is 54.6 Å². The molecule has 4 rings (SSSR count). The minimum absolute atomic E-state index is 0.0104. The third-order valence-corrected chi connectivity index (χ3v) is 6.01. The van der Waals surface area contributed by atoms with Gasteiger partial charge < -0.3 is 10.2 Å². The highest BCUT2D eigenvalue weighted by atomic mass is 79.9. The molecule has 0 bridgehead atoms. The fraction of sp³-hybridized carbons (Fsp3) is 0.0833. The van der Waals surface area contributed by atoms with E-state index in [9.17, 15) is 19.8 Å². The minimum atomic E-state index is -0.822. The van der Waals surface area contributed by atoms with Gasteiger partial charge in [0.1, 0.15) is 11.5 Å². The SMILES string of the molecule is Cc1cc(/C(O)=C2/C(=O)C(=O)N(c3ccccc3)C2c2ccc(O)cc2)ccc1Br. The summed E-state index contributed by atoms with van der Waals surface area (Å²) in [6.45, 7) is 1.88. The minimum Gasteiger partial charge on any atom is -0.508 e. The number of hydrogen-bond acceptors (Lipinski definition) is 4. The van der Waals surface area contributed by atoms with Crippen LogP contribution >= 0.6 is 15.9 Å². The lowest BCUT2D eigenvalue weighted by Crippen LogP contribution is -2.29. The van der Waals surface area contributed by atoms with Gasteiger partial charge in [-0.05, 0) is 54.4 Å². The summed E-state index contributed by atoms with van der Waals surface area (Å²) in [6, 6.07) is 19.5. The first-order chi connectivity index (χ1) is 14.4. The first kappa shape index (κ1) is 19.9. The van der Waals surface area contributed by atoms with E-state index in [0.29, 0.717) is 16.8 Å². The number of carbonyl (C=O) groups is 2. The number of anilines is 1. The maximum atomic E-state index is 13.0. The summed E-state index contributed by atoms with van der Waals surface area (Å²) in [4.78, 5) is 27.4. The van der Waals surface area contributed by atoms with Gasteiger partial charge in [-0.25, -0.2) is 0 Å². The monoisotopic (exact) mass is 463 g/mol. The van der Waals surface area contributed by atoms with Crippen LogP contribution in [-0.4, -0.2) is 21.9 Å². The van der Waals surface area contributed by atoms with Crippen LogP contribution in [-0.2, 0) is 9.59 Å². The van der Waals surface area contributed by atoms with Crippen LogP contribution in [0.2, 0.25) is 0 Å². The molecule has 3 aromatic rings. The molecule has 1 fully saturated rings. The lowest BCUT2D eigenvalue weighted by Gasteiger charge is -2.25. The molecule has 2 N–H and O–H groups in total. The summed E-state index contributed by atoms with van der Waals surface area (Å²) in [6.07, 6.45) is 0. The van der Waals surface area contributed by atoms with Crippen LogP contribution in [0.15, 0.2) is 82.8 Å². The summed E-state index contributed by atoms with van der Waals surface area (Å²) in [5, 5.41) is 20.8. The third kappa shape index (κ3) is 3.39. The number of ketones is 1. The van der Waals surface area contributed by atoms with E-state index < -0.39 is 17.7 Å². The topological polar surface area (TPSA) is 77.8 Å². The number of amides is 1. The van der Waals surface area contributed by atoms with E-state index in [0.717, 1.165) is 10.0 Å². The Bertz CT molecular complexity index is 1170. The average molecular weight is 464 g/mol. The van der Waals surface area contributed by atoms with Gasteiger partial charge in [-0.2, -0.15) is 0 Å². The van der Waals surface area contributed by atoms with E-state index in [1.165, 1.54) is 17.0 Å². The van der Waals surface area contributed by atoms with Crippen molar-refractivity contribution < 1.29 is 19.8 Å². The summed E-state index contributed by atoms with van der Waals surface area (Å²) >= 11 is 3.43. The largest absolute Gasteiger partial charge is 0.508 e. The molecule has 5 nitrogen and oxygen atoms in total. The van der Waals surface area contributed by atoms with Crippen molar-refractivity contribution in [2.45, 2.75) is 13.0 Å². The summed E-state index contributed by atoms with van der Waals surface area (Å²) in [7, 11) is 0. The number of phenols is 1. The Morgan fingerprint density at radius 2 is 1.63 bits per heavy atom. The smallest absolute Gasteiger partial charge is 0.300 e. The first-order valence-electron chi connectivity index (χ1n) is 9.30. The van der Waals surface area contributed by atoms with Crippen molar-refractivity contribution >= 4 is 39.1 Å². The van der Waals surface area contributed by atoms with E-state index in [1.807, 2.05) is 13.0 Å². The molecule has 1 saturated heterocycles. The second-order valence-corrected chi connectivity index (χ2v) is 7.91. The predicted molar refractivity (Wildman–Crippen MR) is 118 cm³/mol. The van der Waals surface area contributed by atoms with Gasteiger partial charge >= 0.3 is 0 Å². The van der Waals surface area contributed by atoms with Crippen molar-refractivity contribution in [2.75, 3.05) is 4.90 Å². The summed E-state index contributed by atoms with van der Waals surface area (Å²) in [5.41, 5.74) is 2.49. The number of Topliss-reactive ketones (excluding diaryl/α,β-unsaturated/α-hetero) is 1. The van der Waals surface area contributed by atoms with Crippen LogP contribution < -0.4 is 4.90 Å².